The van der Waals surface area contributed by atoms with Gasteiger partial charge in [0, 0.05) is 36.9 Å². The largest absolute Gasteiger partial charge is 0.337 e. The number of carbonyl (C=O) groups is 1. The molecule has 2 atom stereocenters. The van der Waals surface area contributed by atoms with Gasteiger partial charge in [-0.15, -0.1) is 0 Å². The Balaban J connectivity index is 1.50. The molecule has 2 bridgehead atoms. The lowest BCUT2D eigenvalue weighted by molar-refractivity contribution is 0.0748. The van der Waals surface area contributed by atoms with Crippen molar-refractivity contribution in [2.75, 3.05) is 13.1 Å². The average molecular weight is 310 g/mol. The van der Waals surface area contributed by atoms with Crippen LogP contribution in [0.15, 0.2) is 36.7 Å². The lowest BCUT2D eigenvalue weighted by Crippen LogP contribution is -2.39. The molecule has 0 spiro atoms. The zero-order valence-corrected chi connectivity index (χ0v) is 13.4. The quantitative estimate of drug-likeness (QED) is 0.924. The lowest BCUT2D eigenvalue weighted by Gasteiger charge is -2.24. The normalized spacial score (nSPS) is 23.8. The summed E-state index contributed by atoms with van der Waals surface area (Å²) >= 11 is 0. The maximum atomic E-state index is 12.8. The van der Waals surface area contributed by atoms with E-state index in [-0.39, 0.29) is 5.91 Å². The molecule has 4 rings (SSSR count). The van der Waals surface area contributed by atoms with Crippen LogP contribution in [0.25, 0.3) is 5.69 Å². The van der Waals surface area contributed by atoms with Crippen molar-refractivity contribution in [3.8, 4) is 5.69 Å². The molecule has 0 saturated carbocycles. The third-order valence-electron chi connectivity index (χ3n) is 4.90. The van der Waals surface area contributed by atoms with Gasteiger partial charge in [-0.05, 0) is 56.0 Å². The highest BCUT2D eigenvalue weighted by Gasteiger charge is 2.31. The number of benzene rings is 1. The number of nitrogens with zero attached hydrogens (tertiary/aromatic N) is 3. The lowest BCUT2D eigenvalue weighted by atomic mass is 10.1. The van der Waals surface area contributed by atoms with Crippen LogP contribution in [0.1, 0.15) is 35.2 Å². The average Bonchev–Trinajstić information content (AvgIpc) is 3.12. The number of aromatic nitrogens is 2. The summed E-state index contributed by atoms with van der Waals surface area (Å²) < 4.78 is 1.83. The van der Waals surface area contributed by atoms with Gasteiger partial charge < -0.3 is 10.2 Å². The van der Waals surface area contributed by atoms with Crippen LogP contribution < -0.4 is 5.32 Å². The van der Waals surface area contributed by atoms with Gasteiger partial charge in [0.2, 0.25) is 0 Å². The minimum atomic E-state index is 0.141. The number of rotatable bonds is 2. The molecule has 2 aliphatic heterocycles. The van der Waals surface area contributed by atoms with Crippen LogP contribution in [0.5, 0.6) is 0 Å². The molecule has 23 heavy (non-hydrogen) atoms. The molecular weight excluding hydrogens is 288 g/mol. The molecule has 2 aliphatic rings. The summed E-state index contributed by atoms with van der Waals surface area (Å²) in [7, 11) is 0. The third-order valence-corrected chi connectivity index (χ3v) is 4.90. The fraction of sp³-hybridized carbons (Fsp3) is 0.444. The Morgan fingerprint density at radius 1 is 1.17 bits per heavy atom. The van der Waals surface area contributed by atoms with E-state index in [2.05, 4.69) is 10.4 Å². The molecule has 0 radical (unpaired) electrons. The summed E-state index contributed by atoms with van der Waals surface area (Å²) in [5.74, 6) is 0.141. The smallest absolute Gasteiger partial charge is 0.253 e. The van der Waals surface area contributed by atoms with E-state index in [1.165, 1.54) is 12.8 Å². The molecule has 1 N–H and O–H groups in total. The van der Waals surface area contributed by atoms with Crippen LogP contribution in [0.3, 0.4) is 0 Å². The molecule has 1 aromatic heterocycles. The standard InChI is InChI=1S/C18H22N4O/c1-13-10-19-22(11-13)17-6-2-14(3-7-17)18(23)21-9-8-15-4-5-16(12-21)20-15/h2-3,6-7,10-11,15-16,20H,4-5,8-9,12H2,1H3. The minimum absolute atomic E-state index is 0.141. The molecule has 5 nitrogen and oxygen atoms in total. The van der Waals surface area contributed by atoms with Crippen LogP contribution >= 0.6 is 0 Å². The van der Waals surface area contributed by atoms with E-state index in [1.54, 1.807) is 0 Å². The zero-order chi connectivity index (χ0) is 15.8. The Bertz CT molecular complexity index is 706. The predicted octanol–water partition coefficient (Wildman–Crippen LogP) is 2.15. The molecule has 2 fully saturated rings. The fourth-order valence-electron chi connectivity index (χ4n) is 3.62. The van der Waals surface area contributed by atoms with Crippen LogP contribution in [0.4, 0.5) is 0 Å². The van der Waals surface area contributed by atoms with E-state index in [9.17, 15) is 4.79 Å². The predicted molar refractivity (Wildman–Crippen MR) is 88.8 cm³/mol. The summed E-state index contributed by atoms with van der Waals surface area (Å²) in [5.41, 5.74) is 2.86. The fourth-order valence-corrected chi connectivity index (χ4v) is 3.62. The first kappa shape index (κ1) is 14.5. The Morgan fingerprint density at radius 2 is 1.96 bits per heavy atom. The van der Waals surface area contributed by atoms with Crippen molar-refractivity contribution < 1.29 is 4.79 Å². The third kappa shape index (κ3) is 2.88. The molecule has 5 heteroatoms. The van der Waals surface area contributed by atoms with Crippen molar-refractivity contribution in [1.82, 2.24) is 20.0 Å². The maximum absolute atomic E-state index is 12.8. The first-order valence-corrected chi connectivity index (χ1v) is 8.36. The van der Waals surface area contributed by atoms with Crippen molar-refractivity contribution >= 4 is 5.91 Å². The Morgan fingerprint density at radius 3 is 2.70 bits per heavy atom. The van der Waals surface area contributed by atoms with Crippen molar-refractivity contribution in [1.29, 1.82) is 0 Å². The van der Waals surface area contributed by atoms with E-state index in [4.69, 9.17) is 0 Å². The van der Waals surface area contributed by atoms with Crippen LogP contribution in [-0.2, 0) is 0 Å². The summed E-state index contributed by atoms with van der Waals surface area (Å²) in [6.07, 6.45) is 7.32. The van der Waals surface area contributed by atoms with Gasteiger partial charge in [0.05, 0.1) is 11.9 Å². The topological polar surface area (TPSA) is 50.2 Å². The highest BCUT2D eigenvalue weighted by atomic mass is 16.2. The van der Waals surface area contributed by atoms with E-state index < -0.39 is 0 Å². The molecule has 1 aromatic carbocycles. The van der Waals surface area contributed by atoms with Crippen LogP contribution in [0, 0.1) is 6.92 Å². The Hall–Kier alpha value is -2.14. The number of hydrogen-bond donors (Lipinski definition) is 1. The van der Waals surface area contributed by atoms with Gasteiger partial charge in [-0.25, -0.2) is 4.68 Å². The molecule has 0 aliphatic carbocycles. The number of fused-ring (bicyclic) bond motifs is 2. The van der Waals surface area contributed by atoms with Crippen LogP contribution in [-0.4, -0.2) is 45.8 Å². The van der Waals surface area contributed by atoms with Crippen molar-refractivity contribution in [3.05, 3.63) is 47.8 Å². The van der Waals surface area contributed by atoms with E-state index in [0.29, 0.717) is 12.1 Å². The number of hydrogen-bond acceptors (Lipinski definition) is 3. The van der Waals surface area contributed by atoms with Crippen molar-refractivity contribution in [2.24, 2.45) is 0 Å². The van der Waals surface area contributed by atoms with Crippen LogP contribution in [0.2, 0.25) is 0 Å². The van der Waals surface area contributed by atoms with Gasteiger partial charge in [0.1, 0.15) is 0 Å². The second kappa shape index (κ2) is 5.81. The SMILES string of the molecule is Cc1cnn(-c2ccc(C(=O)N3CCC4CCC(C3)N4)cc2)c1. The summed E-state index contributed by atoms with van der Waals surface area (Å²) in [5, 5.41) is 7.92. The second-order valence-electron chi connectivity index (χ2n) is 6.69. The van der Waals surface area contributed by atoms with Crippen molar-refractivity contribution in [3.63, 3.8) is 0 Å². The minimum Gasteiger partial charge on any atom is -0.337 e. The molecule has 1 amide bonds. The highest BCUT2D eigenvalue weighted by molar-refractivity contribution is 5.94. The Kier molecular flexibility index (Phi) is 3.65. The van der Waals surface area contributed by atoms with Gasteiger partial charge in [0.25, 0.3) is 5.91 Å². The van der Waals surface area contributed by atoms with Gasteiger partial charge in [0.15, 0.2) is 0 Å². The zero-order valence-electron chi connectivity index (χ0n) is 13.4. The molecule has 3 heterocycles. The first-order chi connectivity index (χ1) is 11.2. The maximum Gasteiger partial charge on any atom is 0.253 e. The van der Waals surface area contributed by atoms with Gasteiger partial charge >= 0.3 is 0 Å². The molecule has 2 aromatic rings. The molecule has 120 valence electrons. The van der Waals surface area contributed by atoms with Gasteiger partial charge in [-0.2, -0.15) is 5.10 Å². The monoisotopic (exact) mass is 310 g/mol. The first-order valence-electron chi connectivity index (χ1n) is 8.36. The Labute approximate surface area is 136 Å². The number of amides is 1. The van der Waals surface area contributed by atoms with Gasteiger partial charge in [-0.1, -0.05) is 0 Å². The molecule has 2 unspecified atom stereocenters. The van der Waals surface area contributed by atoms with Crippen molar-refractivity contribution in [2.45, 2.75) is 38.3 Å². The van der Waals surface area contributed by atoms with E-state index in [0.717, 1.165) is 36.3 Å². The highest BCUT2D eigenvalue weighted by Crippen LogP contribution is 2.22. The summed E-state index contributed by atoms with van der Waals surface area (Å²) in [6.45, 7) is 3.70. The van der Waals surface area contributed by atoms with E-state index >= 15 is 0 Å². The van der Waals surface area contributed by atoms with Gasteiger partial charge in [-0.3, -0.25) is 4.79 Å². The number of likely N-dealkylation sites (tertiary alicyclic amines) is 1. The van der Waals surface area contributed by atoms with E-state index in [1.807, 2.05) is 53.2 Å². The number of nitrogens with one attached hydrogen (secondary N) is 1. The molecular formula is C18H22N4O. The summed E-state index contributed by atoms with van der Waals surface area (Å²) in [4.78, 5) is 14.8. The molecule has 2 saturated heterocycles. The summed E-state index contributed by atoms with van der Waals surface area (Å²) in [6, 6.07) is 8.81. The number of carbonyl (C=O) groups excluding carboxylic acids is 1. The second-order valence-corrected chi connectivity index (χ2v) is 6.69. The number of aryl methyl sites for hydroxylation is 1.